The van der Waals surface area contributed by atoms with Crippen LogP contribution in [-0.2, 0) is 12.0 Å². The first-order valence-corrected chi connectivity index (χ1v) is 7.75. The molecule has 0 aromatic heterocycles. The van der Waals surface area contributed by atoms with Crippen LogP contribution in [0, 0.1) is 17.8 Å². The molecule has 3 N–H and O–H groups in total. The summed E-state index contributed by atoms with van der Waals surface area (Å²) in [5.41, 5.74) is 8.53. The number of rotatable bonds is 2. The fourth-order valence-corrected chi connectivity index (χ4v) is 5.02. The van der Waals surface area contributed by atoms with E-state index in [0.717, 1.165) is 48.3 Å². The van der Waals surface area contributed by atoms with Crippen LogP contribution >= 0.6 is 0 Å². The Morgan fingerprint density at radius 1 is 1.26 bits per heavy atom. The van der Waals surface area contributed by atoms with E-state index < -0.39 is 5.60 Å². The molecule has 2 saturated carbocycles. The fraction of sp³-hybridized carbons (Fsp3) is 0.647. The molecule has 4 unspecified atom stereocenters. The van der Waals surface area contributed by atoms with Crippen LogP contribution in [0.1, 0.15) is 49.7 Å². The van der Waals surface area contributed by atoms with E-state index in [1.807, 2.05) is 12.1 Å². The Bertz CT molecular complexity index is 512. The summed E-state index contributed by atoms with van der Waals surface area (Å²) in [5, 5.41) is 11.1. The van der Waals surface area contributed by atoms with Crippen LogP contribution in [-0.4, -0.2) is 5.11 Å². The Hall–Kier alpha value is -1.02. The molecule has 0 aliphatic heterocycles. The van der Waals surface area contributed by atoms with Crippen LogP contribution in [0.4, 0.5) is 5.69 Å². The van der Waals surface area contributed by atoms with E-state index in [0.29, 0.717) is 0 Å². The second kappa shape index (κ2) is 3.99. The molecule has 0 amide bonds. The molecule has 19 heavy (non-hydrogen) atoms. The zero-order valence-electron chi connectivity index (χ0n) is 11.4. The molecule has 0 radical (unpaired) electrons. The lowest BCUT2D eigenvalue weighted by Gasteiger charge is -2.31. The summed E-state index contributed by atoms with van der Waals surface area (Å²) in [7, 11) is 0. The van der Waals surface area contributed by atoms with E-state index in [9.17, 15) is 5.11 Å². The van der Waals surface area contributed by atoms with E-state index in [4.69, 9.17) is 5.73 Å². The van der Waals surface area contributed by atoms with Gasteiger partial charge in [-0.05, 0) is 79.5 Å². The fourth-order valence-electron chi connectivity index (χ4n) is 5.02. The second-order valence-corrected chi connectivity index (χ2v) is 7.09. The third kappa shape index (κ3) is 1.80. The van der Waals surface area contributed by atoms with Crippen LogP contribution < -0.4 is 5.73 Å². The summed E-state index contributed by atoms with van der Waals surface area (Å²) < 4.78 is 0. The van der Waals surface area contributed by atoms with Gasteiger partial charge in [-0.1, -0.05) is 12.5 Å². The molecular weight excluding hydrogens is 234 g/mol. The molecule has 2 nitrogen and oxygen atoms in total. The summed E-state index contributed by atoms with van der Waals surface area (Å²) in [6.45, 7) is 0. The molecule has 0 spiro atoms. The molecule has 3 aliphatic carbocycles. The van der Waals surface area contributed by atoms with Gasteiger partial charge in [0.2, 0.25) is 0 Å². The van der Waals surface area contributed by atoms with Gasteiger partial charge in [0.05, 0.1) is 5.60 Å². The van der Waals surface area contributed by atoms with Crippen molar-refractivity contribution in [3.05, 3.63) is 29.3 Å². The van der Waals surface area contributed by atoms with E-state index in [-0.39, 0.29) is 0 Å². The molecule has 2 fully saturated rings. The van der Waals surface area contributed by atoms with Gasteiger partial charge >= 0.3 is 0 Å². The predicted molar refractivity (Wildman–Crippen MR) is 76.6 cm³/mol. The lowest BCUT2D eigenvalue weighted by Crippen LogP contribution is -2.28. The lowest BCUT2D eigenvalue weighted by molar-refractivity contribution is 0.00418. The normalized spacial score (nSPS) is 39.7. The first-order chi connectivity index (χ1) is 9.14. The number of nitrogen functional groups attached to an aromatic ring is 1. The topological polar surface area (TPSA) is 46.2 Å². The maximum atomic E-state index is 11.1. The number of benzene rings is 1. The smallest absolute Gasteiger partial charge is 0.0905 e. The predicted octanol–water partition coefficient (Wildman–Crippen LogP) is 3.23. The molecule has 4 rings (SSSR count). The van der Waals surface area contributed by atoms with Crippen molar-refractivity contribution in [1.82, 2.24) is 0 Å². The Morgan fingerprint density at radius 2 is 2.16 bits per heavy atom. The Morgan fingerprint density at radius 3 is 2.89 bits per heavy atom. The quantitative estimate of drug-likeness (QED) is 0.799. The van der Waals surface area contributed by atoms with E-state index in [1.165, 1.54) is 31.2 Å². The largest absolute Gasteiger partial charge is 0.399 e. The summed E-state index contributed by atoms with van der Waals surface area (Å²) in [5.74, 6) is 2.62. The number of aliphatic hydroxyl groups is 1. The van der Waals surface area contributed by atoms with Gasteiger partial charge in [-0.25, -0.2) is 0 Å². The number of aryl methyl sites for hydroxylation is 1. The van der Waals surface area contributed by atoms with Crippen molar-refractivity contribution >= 4 is 5.69 Å². The first-order valence-electron chi connectivity index (χ1n) is 7.75. The minimum atomic E-state index is -0.571. The maximum Gasteiger partial charge on any atom is 0.0905 e. The zero-order valence-corrected chi connectivity index (χ0v) is 11.4. The van der Waals surface area contributed by atoms with Crippen LogP contribution in [0.25, 0.3) is 0 Å². The Labute approximate surface area is 115 Å². The second-order valence-electron chi connectivity index (χ2n) is 7.09. The number of nitrogens with two attached hydrogens (primary N) is 1. The SMILES string of the molecule is Nc1ccc2c(c1)CCC2(O)CC1CC2CCC1C2. The average molecular weight is 257 g/mol. The zero-order chi connectivity index (χ0) is 13.0. The number of fused-ring (bicyclic) bond motifs is 3. The lowest BCUT2D eigenvalue weighted by atomic mass is 9.78. The molecule has 1 aromatic carbocycles. The number of hydrogen-bond donors (Lipinski definition) is 2. The highest BCUT2D eigenvalue weighted by Crippen LogP contribution is 2.53. The molecule has 2 bridgehead atoms. The van der Waals surface area contributed by atoms with Gasteiger partial charge in [-0.15, -0.1) is 0 Å². The molecule has 2 heteroatoms. The van der Waals surface area contributed by atoms with Crippen LogP contribution in [0.2, 0.25) is 0 Å². The average Bonchev–Trinajstić information content (AvgIpc) is 3.05. The van der Waals surface area contributed by atoms with Crippen molar-refractivity contribution in [2.24, 2.45) is 17.8 Å². The first kappa shape index (κ1) is 11.8. The summed E-state index contributed by atoms with van der Waals surface area (Å²) >= 11 is 0. The standard InChI is InChI=1S/C17H23NO/c18-15-3-4-16-13(9-15)5-6-17(16,19)10-14-8-11-1-2-12(14)7-11/h3-4,9,11-12,14,19H,1-2,5-8,10,18H2. The highest BCUT2D eigenvalue weighted by molar-refractivity contribution is 5.49. The number of hydrogen-bond acceptors (Lipinski definition) is 2. The van der Waals surface area contributed by atoms with Gasteiger partial charge in [0, 0.05) is 5.69 Å². The summed E-state index contributed by atoms with van der Waals surface area (Å²) in [4.78, 5) is 0. The van der Waals surface area contributed by atoms with Gasteiger partial charge in [0.1, 0.15) is 0 Å². The van der Waals surface area contributed by atoms with Gasteiger partial charge in [0.15, 0.2) is 0 Å². The molecule has 1 aromatic rings. The minimum absolute atomic E-state index is 0.571. The van der Waals surface area contributed by atoms with Crippen molar-refractivity contribution in [1.29, 1.82) is 0 Å². The van der Waals surface area contributed by atoms with Crippen molar-refractivity contribution in [3.8, 4) is 0 Å². The monoisotopic (exact) mass is 257 g/mol. The van der Waals surface area contributed by atoms with E-state index in [1.54, 1.807) is 0 Å². The highest BCUT2D eigenvalue weighted by atomic mass is 16.3. The maximum absolute atomic E-state index is 11.1. The Balaban J connectivity index is 1.59. The van der Waals surface area contributed by atoms with Gasteiger partial charge in [-0.2, -0.15) is 0 Å². The van der Waals surface area contributed by atoms with Crippen molar-refractivity contribution in [3.63, 3.8) is 0 Å². The third-order valence-corrected chi connectivity index (χ3v) is 5.92. The van der Waals surface area contributed by atoms with Crippen molar-refractivity contribution in [2.75, 3.05) is 5.73 Å². The van der Waals surface area contributed by atoms with E-state index >= 15 is 0 Å². The molecule has 4 atom stereocenters. The highest BCUT2D eigenvalue weighted by Gasteiger charge is 2.45. The van der Waals surface area contributed by atoms with Crippen LogP contribution in [0.3, 0.4) is 0 Å². The third-order valence-electron chi connectivity index (χ3n) is 5.92. The molecule has 0 heterocycles. The van der Waals surface area contributed by atoms with E-state index in [2.05, 4.69) is 6.07 Å². The van der Waals surface area contributed by atoms with Crippen LogP contribution in [0.5, 0.6) is 0 Å². The van der Waals surface area contributed by atoms with Crippen molar-refractivity contribution in [2.45, 2.75) is 50.5 Å². The minimum Gasteiger partial charge on any atom is -0.399 e. The summed E-state index contributed by atoms with van der Waals surface area (Å²) in [6.07, 6.45) is 8.47. The summed E-state index contributed by atoms with van der Waals surface area (Å²) in [6, 6.07) is 6.05. The number of anilines is 1. The van der Waals surface area contributed by atoms with Crippen molar-refractivity contribution < 1.29 is 5.11 Å². The molecular formula is C17H23NO. The van der Waals surface area contributed by atoms with Gasteiger partial charge in [-0.3, -0.25) is 0 Å². The molecule has 0 saturated heterocycles. The van der Waals surface area contributed by atoms with Crippen LogP contribution in [0.15, 0.2) is 18.2 Å². The molecule has 102 valence electrons. The molecule has 3 aliphatic rings. The Kier molecular flexibility index (Phi) is 2.47. The van der Waals surface area contributed by atoms with Gasteiger partial charge in [0.25, 0.3) is 0 Å². The van der Waals surface area contributed by atoms with Gasteiger partial charge < -0.3 is 10.8 Å².